The molecule has 3 rings (SSSR count). The number of benzene rings is 1. The van der Waals surface area contributed by atoms with Crippen LogP contribution in [0.1, 0.15) is 19.8 Å². The molecule has 138 valence electrons. The number of hydrogen-bond acceptors (Lipinski definition) is 6. The van der Waals surface area contributed by atoms with Crippen molar-refractivity contribution >= 4 is 23.4 Å². The summed E-state index contributed by atoms with van der Waals surface area (Å²) in [6.07, 6.45) is 3.09. The van der Waals surface area contributed by atoms with Crippen LogP contribution in [-0.4, -0.2) is 53.7 Å². The topological polar surface area (TPSA) is 70.6 Å². The molecule has 0 bridgehead atoms. The quantitative estimate of drug-likeness (QED) is 0.887. The lowest BCUT2D eigenvalue weighted by molar-refractivity contribution is 0.0983. The normalized spacial score (nSPS) is 14.8. The van der Waals surface area contributed by atoms with Gasteiger partial charge in [-0.2, -0.15) is 0 Å². The van der Waals surface area contributed by atoms with E-state index in [2.05, 4.69) is 15.3 Å². The van der Waals surface area contributed by atoms with E-state index in [0.29, 0.717) is 19.7 Å². The smallest absolute Gasteiger partial charge is 0.409 e. The van der Waals surface area contributed by atoms with Crippen molar-refractivity contribution in [2.75, 3.05) is 37.0 Å². The zero-order valence-electron chi connectivity index (χ0n) is 15.3. The van der Waals surface area contributed by atoms with E-state index in [1.807, 2.05) is 55.3 Å². The SMILES string of the molecule is CCOC(=O)N1CCC(Nc2cc(N(C)c3ccccc3)ncn2)CC1. The van der Waals surface area contributed by atoms with Gasteiger partial charge in [0.25, 0.3) is 0 Å². The lowest BCUT2D eigenvalue weighted by atomic mass is 10.1. The van der Waals surface area contributed by atoms with Crippen LogP contribution < -0.4 is 10.2 Å². The van der Waals surface area contributed by atoms with Crippen LogP contribution in [0.4, 0.5) is 22.1 Å². The Bertz CT molecular complexity index is 717. The molecule has 0 spiro atoms. The number of nitrogens with one attached hydrogen (secondary N) is 1. The van der Waals surface area contributed by atoms with E-state index in [0.717, 1.165) is 30.2 Å². The van der Waals surface area contributed by atoms with Crippen molar-refractivity contribution in [3.05, 3.63) is 42.7 Å². The van der Waals surface area contributed by atoms with Gasteiger partial charge in [-0.25, -0.2) is 14.8 Å². The molecule has 1 aliphatic rings. The average molecular weight is 355 g/mol. The van der Waals surface area contributed by atoms with Gasteiger partial charge >= 0.3 is 6.09 Å². The molecule has 1 aromatic carbocycles. The van der Waals surface area contributed by atoms with Gasteiger partial charge in [-0.3, -0.25) is 0 Å². The van der Waals surface area contributed by atoms with Gasteiger partial charge in [0.15, 0.2) is 0 Å². The van der Waals surface area contributed by atoms with E-state index in [4.69, 9.17) is 4.74 Å². The summed E-state index contributed by atoms with van der Waals surface area (Å²) in [5.74, 6) is 1.63. The molecule has 0 aliphatic carbocycles. The number of rotatable bonds is 5. The van der Waals surface area contributed by atoms with Gasteiger partial charge in [0.05, 0.1) is 6.61 Å². The van der Waals surface area contributed by atoms with Gasteiger partial charge in [-0.1, -0.05) is 18.2 Å². The Morgan fingerprint density at radius 2 is 2.00 bits per heavy atom. The van der Waals surface area contributed by atoms with Crippen LogP contribution in [0.25, 0.3) is 0 Å². The molecular weight excluding hydrogens is 330 g/mol. The summed E-state index contributed by atoms with van der Waals surface area (Å²) in [7, 11) is 1.99. The van der Waals surface area contributed by atoms with Gasteiger partial charge in [0.2, 0.25) is 0 Å². The third kappa shape index (κ3) is 4.41. The first-order chi connectivity index (χ1) is 12.7. The molecule has 0 radical (unpaired) electrons. The van der Waals surface area contributed by atoms with Crippen LogP contribution in [0, 0.1) is 0 Å². The minimum absolute atomic E-state index is 0.222. The Morgan fingerprint density at radius 3 is 2.69 bits per heavy atom. The average Bonchev–Trinajstić information content (AvgIpc) is 2.69. The Morgan fingerprint density at radius 1 is 1.27 bits per heavy atom. The predicted octanol–water partition coefficient (Wildman–Crippen LogP) is 3.28. The van der Waals surface area contributed by atoms with E-state index in [-0.39, 0.29) is 12.1 Å². The summed E-state index contributed by atoms with van der Waals surface area (Å²) >= 11 is 0. The zero-order valence-corrected chi connectivity index (χ0v) is 15.3. The Balaban J connectivity index is 1.59. The Labute approximate surface area is 154 Å². The van der Waals surface area contributed by atoms with Crippen LogP contribution in [0.2, 0.25) is 0 Å². The van der Waals surface area contributed by atoms with Crippen molar-refractivity contribution in [2.24, 2.45) is 0 Å². The van der Waals surface area contributed by atoms with Crippen LogP contribution in [0.15, 0.2) is 42.7 Å². The number of anilines is 3. The zero-order chi connectivity index (χ0) is 18.4. The molecule has 0 atom stereocenters. The summed E-state index contributed by atoms with van der Waals surface area (Å²) in [6, 6.07) is 12.3. The molecular formula is C19H25N5O2. The van der Waals surface area contributed by atoms with E-state index in [1.54, 1.807) is 11.2 Å². The fraction of sp³-hybridized carbons (Fsp3) is 0.421. The number of ether oxygens (including phenoxy) is 1. The van der Waals surface area contributed by atoms with Crippen LogP contribution in [0.5, 0.6) is 0 Å². The summed E-state index contributed by atoms with van der Waals surface area (Å²) in [5, 5.41) is 3.46. The highest BCUT2D eigenvalue weighted by molar-refractivity contribution is 5.67. The first-order valence-corrected chi connectivity index (χ1v) is 8.96. The first kappa shape index (κ1) is 18.0. The van der Waals surface area contributed by atoms with Crippen molar-refractivity contribution in [1.82, 2.24) is 14.9 Å². The monoisotopic (exact) mass is 355 g/mol. The van der Waals surface area contributed by atoms with Gasteiger partial charge in [0, 0.05) is 37.9 Å². The number of piperidine rings is 1. The van der Waals surface area contributed by atoms with Gasteiger partial charge in [-0.15, -0.1) is 0 Å². The van der Waals surface area contributed by atoms with Crippen LogP contribution >= 0.6 is 0 Å². The lowest BCUT2D eigenvalue weighted by Crippen LogP contribution is -2.42. The van der Waals surface area contributed by atoms with Gasteiger partial charge in [0.1, 0.15) is 18.0 Å². The van der Waals surface area contributed by atoms with Gasteiger partial charge < -0.3 is 19.9 Å². The van der Waals surface area contributed by atoms with Crippen molar-refractivity contribution in [3.63, 3.8) is 0 Å². The summed E-state index contributed by atoms with van der Waals surface area (Å²) < 4.78 is 5.06. The summed E-state index contributed by atoms with van der Waals surface area (Å²) in [6.45, 7) is 3.62. The third-order valence-electron chi connectivity index (χ3n) is 4.51. The minimum Gasteiger partial charge on any atom is -0.450 e. The number of carbonyl (C=O) groups excluding carboxylic acids is 1. The summed E-state index contributed by atoms with van der Waals surface area (Å²) in [5.41, 5.74) is 1.07. The lowest BCUT2D eigenvalue weighted by Gasteiger charge is -2.32. The predicted molar refractivity (Wildman–Crippen MR) is 102 cm³/mol. The molecule has 0 saturated carbocycles. The Kier molecular flexibility index (Phi) is 5.88. The standard InChI is InChI=1S/C19H25N5O2/c1-3-26-19(25)24-11-9-15(10-12-24)22-17-13-18(21-14-20-17)23(2)16-7-5-4-6-8-16/h4-8,13-15H,3,9-12H2,1-2H3,(H,20,21,22). The maximum Gasteiger partial charge on any atom is 0.409 e. The molecule has 7 heteroatoms. The van der Waals surface area contributed by atoms with E-state index in [9.17, 15) is 4.79 Å². The van der Waals surface area contributed by atoms with Crippen molar-refractivity contribution in [2.45, 2.75) is 25.8 Å². The van der Waals surface area contributed by atoms with Gasteiger partial charge in [-0.05, 0) is 31.9 Å². The van der Waals surface area contributed by atoms with Crippen LogP contribution in [0.3, 0.4) is 0 Å². The fourth-order valence-corrected chi connectivity index (χ4v) is 3.02. The second-order valence-corrected chi connectivity index (χ2v) is 6.26. The second kappa shape index (κ2) is 8.51. The molecule has 2 heterocycles. The maximum atomic E-state index is 11.8. The maximum absolute atomic E-state index is 11.8. The summed E-state index contributed by atoms with van der Waals surface area (Å²) in [4.78, 5) is 24.3. The highest BCUT2D eigenvalue weighted by Crippen LogP contribution is 2.23. The molecule has 7 nitrogen and oxygen atoms in total. The largest absolute Gasteiger partial charge is 0.450 e. The number of para-hydroxylation sites is 1. The minimum atomic E-state index is -0.222. The number of likely N-dealkylation sites (tertiary alicyclic amines) is 1. The molecule has 1 fully saturated rings. The fourth-order valence-electron chi connectivity index (χ4n) is 3.02. The number of carbonyl (C=O) groups is 1. The molecule has 1 saturated heterocycles. The number of amides is 1. The van der Waals surface area contributed by atoms with Crippen molar-refractivity contribution in [1.29, 1.82) is 0 Å². The Hall–Kier alpha value is -2.83. The number of aromatic nitrogens is 2. The molecule has 0 unspecified atom stereocenters. The molecule has 1 N–H and O–H groups in total. The van der Waals surface area contributed by atoms with E-state index >= 15 is 0 Å². The highest BCUT2D eigenvalue weighted by Gasteiger charge is 2.23. The molecule has 1 aromatic heterocycles. The van der Waals surface area contributed by atoms with Crippen LogP contribution in [-0.2, 0) is 4.74 Å². The number of hydrogen-bond donors (Lipinski definition) is 1. The van der Waals surface area contributed by atoms with E-state index in [1.165, 1.54) is 0 Å². The highest BCUT2D eigenvalue weighted by atomic mass is 16.6. The number of nitrogens with zero attached hydrogens (tertiary/aromatic N) is 4. The second-order valence-electron chi connectivity index (χ2n) is 6.26. The molecule has 1 aliphatic heterocycles. The molecule has 26 heavy (non-hydrogen) atoms. The first-order valence-electron chi connectivity index (χ1n) is 8.96. The third-order valence-corrected chi connectivity index (χ3v) is 4.51. The van der Waals surface area contributed by atoms with E-state index < -0.39 is 0 Å². The molecule has 2 aromatic rings. The molecule has 1 amide bonds. The van der Waals surface area contributed by atoms with Crippen molar-refractivity contribution in [3.8, 4) is 0 Å². The van der Waals surface area contributed by atoms with Crippen molar-refractivity contribution < 1.29 is 9.53 Å².